The monoisotopic (exact) mass is 1030 g/mol. The van der Waals surface area contributed by atoms with Crippen LogP contribution in [0.5, 0.6) is 5.75 Å². The molecule has 6 aromatic carbocycles. The van der Waals surface area contributed by atoms with Crippen LogP contribution in [0.3, 0.4) is 0 Å². The van der Waals surface area contributed by atoms with Gasteiger partial charge in [-0.3, -0.25) is 19.9 Å². The number of ether oxygens (including phenoxy) is 1. The summed E-state index contributed by atoms with van der Waals surface area (Å²) in [5.74, 6) is 0.859. The van der Waals surface area contributed by atoms with Crippen LogP contribution < -0.4 is 4.74 Å². The third-order valence-electron chi connectivity index (χ3n) is 11.3. The van der Waals surface area contributed by atoms with E-state index in [1.165, 1.54) is 5.56 Å². The van der Waals surface area contributed by atoms with E-state index >= 15 is 0 Å². The van der Waals surface area contributed by atoms with Crippen molar-refractivity contribution < 1.29 is 4.74 Å². The van der Waals surface area contributed by atoms with Gasteiger partial charge in [0.15, 0.2) is 0 Å². The van der Waals surface area contributed by atoms with Crippen molar-refractivity contribution in [3.8, 4) is 71.2 Å². The smallest absolute Gasteiger partial charge is 0.126 e. The fourth-order valence-electron chi connectivity index (χ4n) is 7.63. The van der Waals surface area contributed by atoms with Gasteiger partial charge < -0.3 is 4.74 Å². The van der Waals surface area contributed by atoms with Crippen LogP contribution in [0.15, 0.2) is 261 Å². The molecule has 0 aliphatic heterocycles. The van der Waals surface area contributed by atoms with Crippen molar-refractivity contribution in [2.24, 2.45) is 4.99 Å². The Bertz CT molecular complexity index is 3510. The van der Waals surface area contributed by atoms with Gasteiger partial charge in [-0.1, -0.05) is 164 Å². The van der Waals surface area contributed by atoms with Crippen molar-refractivity contribution in [1.29, 1.82) is 0 Å². The predicted molar refractivity (Wildman–Crippen MR) is 312 cm³/mol. The van der Waals surface area contributed by atoms with Crippen LogP contribution in [0.4, 0.5) is 5.69 Å². The summed E-state index contributed by atoms with van der Waals surface area (Å²) in [4.78, 5) is 35.1. The first-order valence-electron chi connectivity index (χ1n) is 24.1. The standard InChI is InChI=1S/C22H16N2S.C21H15N3S.C21H16N2OS/c1-3-8-17(9-4-1)13-14-20-21(18-10-5-2-6-11-18)24-22(25-20)19-12-7-15-23-16-19;1-3-8-16(9-4-1)20-19(15-23-18-11-5-2-6-12-18)25-21(24-20)17-10-7-13-22-14-17;1-3-8-16(9-4-1)20-19(15-24-18-11-5-2-6-12-18)25-21(23-20)17-10-7-13-22-14-17/h1-16H;1-15H;1-14H,15H2/b14-13+;;. The molecule has 6 heterocycles. The van der Waals surface area contributed by atoms with Crippen LogP contribution in [0.1, 0.15) is 20.2 Å². The van der Waals surface area contributed by atoms with Crippen LogP contribution in [0, 0.1) is 0 Å². The topological polar surface area (TPSA) is 98.9 Å². The molecule has 11 heteroatoms. The van der Waals surface area contributed by atoms with Crippen molar-refractivity contribution in [2.75, 3.05) is 0 Å². The molecule has 0 amide bonds. The fraction of sp³-hybridized carbons (Fsp3) is 0.0156. The number of para-hydroxylation sites is 2. The summed E-state index contributed by atoms with van der Waals surface area (Å²) in [6, 6.07) is 72.7. The maximum absolute atomic E-state index is 5.96. The third-order valence-corrected chi connectivity index (χ3v) is 14.5. The highest BCUT2D eigenvalue weighted by Gasteiger charge is 2.17. The van der Waals surface area contributed by atoms with Gasteiger partial charge in [-0.15, -0.1) is 34.0 Å². The van der Waals surface area contributed by atoms with Gasteiger partial charge in [0.05, 0.1) is 37.4 Å². The number of rotatable bonds is 13. The molecule has 0 unspecified atom stereocenters. The third kappa shape index (κ3) is 13.5. The Morgan fingerprint density at radius 3 is 1.27 bits per heavy atom. The molecule has 75 heavy (non-hydrogen) atoms. The Balaban J connectivity index is 0.000000128. The zero-order valence-electron chi connectivity index (χ0n) is 40.5. The first kappa shape index (κ1) is 49.4. The predicted octanol–water partition coefficient (Wildman–Crippen LogP) is 17.1. The van der Waals surface area contributed by atoms with E-state index in [2.05, 4.69) is 80.6 Å². The Morgan fingerprint density at radius 1 is 0.373 bits per heavy atom. The van der Waals surface area contributed by atoms with E-state index in [4.69, 9.17) is 19.7 Å². The Kier molecular flexibility index (Phi) is 16.8. The molecule has 12 aromatic rings. The molecular weight excluding hydrogens is 979 g/mol. The van der Waals surface area contributed by atoms with Crippen molar-refractivity contribution in [3.63, 3.8) is 0 Å². The van der Waals surface area contributed by atoms with Crippen molar-refractivity contribution in [1.82, 2.24) is 29.9 Å². The first-order valence-corrected chi connectivity index (χ1v) is 26.5. The molecule has 6 aromatic heterocycles. The molecule has 12 rings (SSSR count). The molecular formula is C64H47N7OS3. The number of hydrogen-bond donors (Lipinski definition) is 0. The van der Waals surface area contributed by atoms with Crippen molar-refractivity contribution in [2.45, 2.75) is 6.61 Å². The van der Waals surface area contributed by atoms with E-state index in [9.17, 15) is 0 Å². The van der Waals surface area contributed by atoms with E-state index in [0.29, 0.717) is 6.61 Å². The van der Waals surface area contributed by atoms with Gasteiger partial charge in [-0.25, -0.2) is 15.0 Å². The lowest BCUT2D eigenvalue weighted by Crippen LogP contribution is -1.95. The highest BCUT2D eigenvalue weighted by molar-refractivity contribution is 7.17. The highest BCUT2D eigenvalue weighted by atomic mass is 32.1. The van der Waals surface area contributed by atoms with Crippen LogP contribution in [0.25, 0.3) is 77.6 Å². The normalized spacial score (nSPS) is 10.9. The number of thiazole rings is 3. The highest BCUT2D eigenvalue weighted by Crippen LogP contribution is 2.37. The summed E-state index contributed by atoms with van der Waals surface area (Å²) in [6.45, 7) is 0.492. The summed E-state index contributed by atoms with van der Waals surface area (Å²) in [5.41, 5.74) is 11.4. The van der Waals surface area contributed by atoms with Crippen LogP contribution >= 0.6 is 34.0 Å². The summed E-state index contributed by atoms with van der Waals surface area (Å²) < 4.78 is 5.96. The average Bonchev–Trinajstić information content (AvgIpc) is 4.26. The van der Waals surface area contributed by atoms with Gasteiger partial charge in [0, 0.05) is 76.8 Å². The van der Waals surface area contributed by atoms with Crippen LogP contribution in [0.2, 0.25) is 0 Å². The summed E-state index contributed by atoms with van der Waals surface area (Å²) in [6.07, 6.45) is 17.0. The molecule has 0 radical (unpaired) electrons. The van der Waals surface area contributed by atoms with Crippen LogP contribution in [-0.4, -0.2) is 36.1 Å². The molecule has 0 atom stereocenters. The van der Waals surface area contributed by atoms with Gasteiger partial charge >= 0.3 is 0 Å². The fourth-order valence-corrected chi connectivity index (χ4v) is 10.5. The molecule has 0 fully saturated rings. The second-order valence-corrected chi connectivity index (χ2v) is 19.7. The zero-order chi connectivity index (χ0) is 50.7. The largest absolute Gasteiger partial charge is 0.488 e. The maximum Gasteiger partial charge on any atom is 0.126 e. The molecule has 0 aliphatic carbocycles. The Hall–Kier alpha value is -9.13. The van der Waals surface area contributed by atoms with E-state index < -0.39 is 0 Å². The van der Waals surface area contributed by atoms with E-state index in [1.807, 2.05) is 195 Å². The number of pyridine rings is 3. The lowest BCUT2D eigenvalue weighted by molar-refractivity contribution is 0.310. The second kappa shape index (κ2) is 25.5. The molecule has 0 spiro atoms. The van der Waals surface area contributed by atoms with Crippen LogP contribution in [-0.2, 0) is 6.61 Å². The molecule has 0 N–H and O–H groups in total. The number of aromatic nitrogens is 6. The van der Waals surface area contributed by atoms with Gasteiger partial charge in [0.25, 0.3) is 0 Å². The molecule has 0 saturated heterocycles. The van der Waals surface area contributed by atoms with E-state index in [1.54, 1.807) is 52.6 Å². The average molecular weight is 1030 g/mol. The molecule has 0 bridgehead atoms. The molecule has 0 aliphatic rings. The quantitative estimate of drug-likeness (QED) is 0.106. The zero-order valence-corrected chi connectivity index (χ0v) is 42.9. The first-order chi connectivity index (χ1) is 37.2. The van der Waals surface area contributed by atoms with E-state index in [0.717, 1.165) is 91.6 Å². The number of hydrogen-bond acceptors (Lipinski definition) is 11. The Labute approximate surface area is 448 Å². The minimum atomic E-state index is 0.492. The summed E-state index contributed by atoms with van der Waals surface area (Å²) in [7, 11) is 0. The lowest BCUT2D eigenvalue weighted by Gasteiger charge is -2.06. The number of aliphatic imine (C=N–C) groups is 1. The minimum absolute atomic E-state index is 0.492. The van der Waals surface area contributed by atoms with Gasteiger partial charge in [0.2, 0.25) is 0 Å². The van der Waals surface area contributed by atoms with Gasteiger partial charge in [0.1, 0.15) is 27.4 Å². The van der Waals surface area contributed by atoms with Crippen molar-refractivity contribution in [3.05, 3.63) is 276 Å². The molecule has 0 saturated carbocycles. The SMILES string of the molecule is C(=C\c1sc(-c2cccnc2)nc1-c1ccccc1)/c1ccccc1.C(=Nc1ccccc1)c1sc(-c2cccnc2)nc1-c1ccccc1.c1ccc(OCc2sc(-c3cccnc3)nc2-c2ccccc2)cc1. The lowest BCUT2D eigenvalue weighted by atomic mass is 10.1. The number of nitrogens with zero attached hydrogens (tertiary/aromatic N) is 7. The molecule has 362 valence electrons. The van der Waals surface area contributed by atoms with Gasteiger partial charge in [-0.05, 0) is 72.3 Å². The number of benzene rings is 6. The summed E-state index contributed by atoms with van der Waals surface area (Å²) in [5, 5.41) is 2.89. The molecule has 8 nitrogen and oxygen atoms in total. The summed E-state index contributed by atoms with van der Waals surface area (Å²) >= 11 is 4.97. The van der Waals surface area contributed by atoms with E-state index in [-0.39, 0.29) is 0 Å². The maximum atomic E-state index is 5.96. The Morgan fingerprint density at radius 2 is 0.773 bits per heavy atom. The minimum Gasteiger partial charge on any atom is -0.488 e. The van der Waals surface area contributed by atoms with Gasteiger partial charge in [-0.2, -0.15) is 0 Å². The second-order valence-electron chi connectivity index (χ2n) is 16.5. The van der Waals surface area contributed by atoms with Crippen molar-refractivity contribution >= 4 is 58.1 Å².